The summed E-state index contributed by atoms with van der Waals surface area (Å²) in [6, 6.07) is 4.90. The first-order valence-electron chi connectivity index (χ1n) is 8.13. The number of hydrogen-bond acceptors (Lipinski definition) is 3. The summed E-state index contributed by atoms with van der Waals surface area (Å²) in [6.45, 7) is 1.86. The number of nitrogens with one attached hydrogen (secondary N) is 2. The fourth-order valence-electron chi connectivity index (χ4n) is 2.75. The van der Waals surface area contributed by atoms with Crippen LogP contribution in [0.4, 0.5) is 5.69 Å². The molecule has 2 N–H and O–H groups in total. The van der Waals surface area contributed by atoms with Gasteiger partial charge >= 0.3 is 0 Å². The number of halogens is 2. The molecule has 1 aliphatic rings. The van der Waals surface area contributed by atoms with Gasteiger partial charge in [-0.3, -0.25) is 14.5 Å². The average Bonchev–Trinajstić information content (AvgIpc) is 3.03. The lowest BCUT2D eigenvalue weighted by atomic mass is 10.2. The first-order chi connectivity index (χ1) is 11.4. The molecule has 0 aromatic heterocycles. The number of hydrogen-bond donors (Lipinski definition) is 2. The first-order valence-corrected chi connectivity index (χ1v) is 8.88. The molecule has 0 bridgehead atoms. The molecule has 24 heavy (non-hydrogen) atoms. The molecule has 5 nitrogen and oxygen atoms in total. The maximum atomic E-state index is 12.3. The number of benzene rings is 1. The Morgan fingerprint density at radius 3 is 2.42 bits per heavy atom. The second-order valence-corrected chi connectivity index (χ2v) is 7.04. The number of likely N-dealkylation sites (N-methyl/N-ethyl adjacent to an activating group) is 1. The Hall–Kier alpha value is -1.30. The van der Waals surface area contributed by atoms with E-state index in [2.05, 4.69) is 10.6 Å². The molecule has 0 aliphatic heterocycles. The van der Waals surface area contributed by atoms with E-state index in [9.17, 15) is 9.59 Å². The molecule has 1 aromatic rings. The van der Waals surface area contributed by atoms with Crippen LogP contribution in [0.15, 0.2) is 18.2 Å². The Labute approximate surface area is 152 Å². The van der Waals surface area contributed by atoms with Gasteiger partial charge in [0.05, 0.1) is 28.3 Å². The number of rotatable bonds is 6. The van der Waals surface area contributed by atoms with Crippen LogP contribution in [-0.4, -0.2) is 42.4 Å². The summed E-state index contributed by atoms with van der Waals surface area (Å²) in [5, 5.41) is 6.51. The minimum atomic E-state index is -0.391. The van der Waals surface area contributed by atoms with Crippen molar-refractivity contribution in [1.29, 1.82) is 0 Å². The SMILES string of the molecule is CC(C(=O)NC1CCCC1)N(C)CC(=O)Nc1c(Cl)cccc1Cl. The molecule has 0 spiro atoms. The highest BCUT2D eigenvalue weighted by molar-refractivity contribution is 6.39. The van der Waals surface area contributed by atoms with Crippen LogP contribution in [0.3, 0.4) is 0 Å². The van der Waals surface area contributed by atoms with Crippen molar-refractivity contribution in [1.82, 2.24) is 10.2 Å². The highest BCUT2D eigenvalue weighted by Gasteiger charge is 2.24. The van der Waals surface area contributed by atoms with E-state index < -0.39 is 6.04 Å². The third-order valence-electron chi connectivity index (χ3n) is 4.36. The van der Waals surface area contributed by atoms with Crippen LogP contribution in [-0.2, 0) is 9.59 Å². The van der Waals surface area contributed by atoms with Gasteiger partial charge in [0.25, 0.3) is 0 Å². The van der Waals surface area contributed by atoms with Crippen molar-refractivity contribution in [3.63, 3.8) is 0 Å². The molecule has 1 atom stereocenters. The van der Waals surface area contributed by atoms with Crippen LogP contribution in [0.1, 0.15) is 32.6 Å². The minimum Gasteiger partial charge on any atom is -0.352 e. The quantitative estimate of drug-likeness (QED) is 0.806. The van der Waals surface area contributed by atoms with Crippen molar-refractivity contribution in [3.05, 3.63) is 28.2 Å². The molecule has 132 valence electrons. The zero-order valence-electron chi connectivity index (χ0n) is 13.9. The van der Waals surface area contributed by atoms with Crippen molar-refractivity contribution >= 4 is 40.7 Å². The zero-order chi connectivity index (χ0) is 17.7. The van der Waals surface area contributed by atoms with Crippen LogP contribution in [0.5, 0.6) is 0 Å². The second kappa shape index (κ2) is 8.70. The molecule has 1 saturated carbocycles. The Bertz CT molecular complexity index is 583. The molecule has 2 rings (SSSR count). The molecule has 1 aliphatic carbocycles. The summed E-state index contributed by atoms with van der Waals surface area (Å²) in [5.41, 5.74) is 0.391. The minimum absolute atomic E-state index is 0.0482. The molecule has 0 radical (unpaired) electrons. The Morgan fingerprint density at radius 2 is 1.83 bits per heavy atom. The van der Waals surface area contributed by atoms with Crippen molar-refractivity contribution in [2.75, 3.05) is 18.9 Å². The van der Waals surface area contributed by atoms with Gasteiger partial charge in [0.2, 0.25) is 11.8 Å². The van der Waals surface area contributed by atoms with Crippen molar-refractivity contribution in [2.24, 2.45) is 0 Å². The normalized spacial score (nSPS) is 16.2. The number of carbonyl (C=O) groups is 2. The predicted octanol–water partition coefficient (Wildman–Crippen LogP) is 3.31. The smallest absolute Gasteiger partial charge is 0.238 e. The maximum absolute atomic E-state index is 12.3. The second-order valence-electron chi connectivity index (χ2n) is 6.23. The summed E-state index contributed by atoms with van der Waals surface area (Å²) >= 11 is 12.1. The van der Waals surface area contributed by atoms with Crippen molar-refractivity contribution in [2.45, 2.75) is 44.7 Å². The summed E-state index contributed by atoms with van der Waals surface area (Å²) in [7, 11) is 1.74. The number of carbonyl (C=O) groups excluding carboxylic acids is 2. The van der Waals surface area contributed by atoms with Gasteiger partial charge in [0.15, 0.2) is 0 Å². The number of para-hydroxylation sites is 1. The van der Waals surface area contributed by atoms with Gasteiger partial charge in [0, 0.05) is 6.04 Å². The van der Waals surface area contributed by atoms with Crippen LogP contribution >= 0.6 is 23.2 Å². The van der Waals surface area contributed by atoms with E-state index in [1.54, 1.807) is 37.1 Å². The molecule has 2 amide bonds. The highest BCUT2D eigenvalue weighted by Crippen LogP contribution is 2.29. The van der Waals surface area contributed by atoms with Crippen molar-refractivity contribution in [3.8, 4) is 0 Å². The number of nitrogens with zero attached hydrogens (tertiary/aromatic N) is 1. The molecular weight excluding hydrogens is 349 g/mol. The fourth-order valence-corrected chi connectivity index (χ4v) is 3.24. The van der Waals surface area contributed by atoms with Gasteiger partial charge in [-0.05, 0) is 38.9 Å². The predicted molar refractivity (Wildman–Crippen MR) is 97.6 cm³/mol. The number of anilines is 1. The average molecular weight is 372 g/mol. The molecule has 7 heteroatoms. The van der Waals surface area contributed by atoms with E-state index in [-0.39, 0.29) is 24.4 Å². The van der Waals surface area contributed by atoms with Crippen molar-refractivity contribution < 1.29 is 9.59 Å². The summed E-state index contributed by atoms with van der Waals surface area (Å²) in [4.78, 5) is 26.2. The third kappa shape index (κ3) is 5.10. The third-order valence-corrected chi connectivity index (χ3v) is 4.99. The Balaban J connectivity index is 1.87. The lowest BCUT2D eigenvalue weighted by Gasteiger charge is -2.25. The summed E-state index contributed by atoms with van der Waals surface area (Å²) in [6.07, 6.45) is 4.40. The van der Waals surface area contributed by atoms with Gasteiger partial charge in [-0.1, -0.05) is 42.1 Å². The van der Waals surface area contributed by atoms with Crippen LogP contribution < -0.4 is 10.6 Å². The van der Waals surface area contributed by atoms with E-state index in [1.165, 1.54) is 0 Å². The molecule has 1 fully saturated rings. The standard InChI is InChI=1S/C17H23Cl2N3O2/c1-11(17(24)20-12-6-3-4-7-12)22(2)10-15(23)21-16-13(18)8-5-9-14(16)19/h5,8-9,11-12H,3-4,6-7,10H2,1-2H3,(H,20,24)(H,21,23). The lowest BCUT2D eigenvalue weighted by molar-refractivity contribution is -0.127. The van der Waals surface area contributed by atoms with E-state index in [0.29, 0.717) is 15.7 Å². The number of amides is 2. The van der Waals surface area contributed by atoms with E-state index in [4.69, 9.17) is 23.2 Å². The fraction of sp³-hybridized carbons (Fsp3) is 0.529. The zero-order valence-corrected chi connectivity index (χ0v) is 15.5. The molecule has 1 aromatic carbocycles. The highest BCUT2D eigenvalue weighted by atomic mass is 35.5. The molecular formula is C17H23Cl2N3O2. The molecule has 0 saturated heterocycles. The van der Waals surface area contributed by atoms with Gasteiger partial charge < -0.3 is 10.6 Å². The monoisotopic (exact) mass is 371 g/mol. The lowest BCUT2D eigenvalue weighted by Crippen LogP contribution is -2.48. The van der Waals surface area contributed by atoms with E-state index in [0.717, 1.165) is 25.7 Å². The maximum Gasteiger partial charge on any atom is 0.238 e. The Kier molecular flexibility index (Phi) is 6.90. The van der Waals surface area contributed by atoms with Gasteiger partial charge in [0.1, 0.15) is 0 Å². The van der Waals surface area contributed by atoms with Crippen LogP contribution in [0.2, 0.25) is 10.0 Å². The Morgan fingerprint density at radius 1 is 1.25 bits per heavy atom. The summed E-state index contributed by atoms with van der Waals surface area (Å²) in [5.74, 6) is -0.319. The van der Waals surface area contributed by atoms with Crippen LogP contribution in [0.25, 0.3) is 0 Å². The largest absolute Gasteiger partial charge is 0.352 e. The molecule has 1 unspecified atom stereocenters. The first kappa shape index (κ1) is 19.0. The van der Waals surface area contributed by atoms with Gasteiger partial charge in [-0.15, -0.1) is 0 Å². The summed E-state index contributed by atoms with van der Waals surface area (Å²) < 4.78 is 0. The van der Waals surface area contributed by atoms with E-state index >= 15 is 0 Å². The molecule has 0 heterocycles. The van der Waals surface area contributed by atoms with Crippen LogP contribution in [0, 0.1) is 0 Å². The van der Waals surface area contributed by atoms with E-state index in [1.807, 2.05) is 0 Å². The van der Waals surface area contributed by atoms with Gasteiger partial charge in [-0.2, -0.15) is 0 Å². The van der Waals surface area contributed by atoms with Gasteiger partial charge in [-0.25, -0.2) is 0 Å². The topological polar surface area (TPSA) is 61.4 Å².